The fourth-order valence-corrected chi connectivity index (χ4v) is 4.90. The second kappa shape index (κ2) is 10.8. The van der Waals surface area contributed by atoms with E-state index in [1.807, 2.05) is 6.92 Å². The Balaban J connectivity index is 1.96. The van der Waals surface area contributed by atoms with Gasteiger partial charge in [-0.05, 0) is 54.2 Å². The summed E-state index contributed by atoms with van der Waals surface area (Å²) in [6.45, 7) is 2.94. The van der Waals surface area contributed by atoms with Gasteiger partial charge in [0.15, 0.2) is 0 Å². The number of methoxy groups -OCH3 is 1. The predicted molar refractivity (Wildman–Crippen MR) is 131 cm³/mol. The summed E-state index contributed by atoms with van der Waals surface area (Å²) in [6, 6.07) is 10.8. The van der Waals surface area contributed by atoms with Gasteiger partial charge in [-0.15, -0.1) is 0 Å². The molecule has 0 aliphatic heterocycles. The van der Waals surface area contributed by atoms with E-state index in [2.05, 4.69) is 5.32 Å². The largest absolute Gasteiger partial charge is 0.469 e. The molecule has 1 aliphatic carbocycles. The van der Waals surface area contributed by atoms with Crippen molar-refractivity contribution in [3.05, 3.63) is 63.6 Å². The Bertz CT molecular complexity index is 1070. The number of nitrogens with one attached hydrogen (secondary N) is 1. The average molecular weight is 530 g/mol. The minimum absolute atomic E-state index is 0.141. The standard InChI is InChI=1S/C26H28Cl2F3NO3/c1-15(26(29,30)31)23(16-7-10-19(27)11-8-16)24(34)32-21-13-18(9-12-20(21)28)25(2,14-22(33)35-3)17-5-4-6-17/h7-13,15,17,23H,4-6,14H2,1-3H3,(H,32,34)/t15-,23+,25?/m1/s1. The Morgan fingerprint density at radius 2 is 1.74 bits per heavy atom. The molecule has 2 aromatic rings. The van der Waals surface area contributed by atoms with Crippen molar-refractivity contribution in [2.45, 2.75) is 57.0 Å². The minimum Gasteiger partial charge on any atom is -0.469 e. The maximum absolute atomic E-state index is 13.7. The topological polar surface area (TPSA) is 55.4 Å². The smallest absolute Gasteiger partial charge is 0.392 e. The predicted octanol–water partition coefficient (Wildman–Crippen LogP) is 7.54. The van der Waals surface area contributed by atoms with E-state index in [1.165, 1.54) is 31.4 Å². The molecule has 0 bridgehead atoms. The summed E-state index contributed by atoms with van der Waals surface area (Å²) >= 11 is 12.2. The van der Waals surface area contributed by atoms with Crippen LogP contribution in [0.25, 0.3) is 0 Å². The van der Waals surface area contributed by atoms with Gasteiger partial charge < -0.3 is 10.1 Å². The molecule has 1 amide bonds. The highest BCUT2D eigenvalue weighted by Gasteiger charge is 2.45. The molecule has 35 heavy (non-hydrogen) atoms. The fourth-order valence-electron chi connectivity index (χ4n) is 4.61. The molecule has 3 rings (SSSR count). The number of esters is 1. The van der Waals surface area contributed by atoms with E-state index in [1.54, 1.807) is 18.2 Å². The normalized spacial score (nSPS) is 17.6. The number of amides is 1. The van der Waals surface area contributed by atoms with Gasteiger partial charge in [-0.1, -0.05) is 61.7 Å². The van der Waals surface area contributed by atoms with E-state index in [0.29, 0.717) is 5.02 Å². The minimum atomic E-state index is -4.60. The van der Waals surface area contributed by atoms with E-state index in [4.69, 9.17) is 27.9 Å². The molecule has 190 valence electrons. The average Bonchev–Trinajstić information content (AvgIpc) is 2.74. The molecule has 0 saturated heterocycles. The Hall–Kier alpha value is -2.25. The van der Waals surface area contributed by atoms with Crippen LogP contribution in [-0.2, 0) is 19.7 Å². The maximum atomic E-state index is 13.7. The van der Waals surface area contributed by atoms with Gasteiger partial charge >= 0.3 is 12.1 Å². The third kappa shape index (κ3) is 6.12. The molecule has 1 saturated carbocycles. The Morgan fingerprint density at radius 1 is 1.11 bits per heavy atom. The van der Waals surface area contributed by atoms with Gasteiger partial charge in [-0.2, -0.15) is 13.2 Å². The summed E-state index contributed by atoms with van der Waals surface area (Å²) < 4.78 is 45.9. The zero-order chi connectivity index (χ0) is 26.0. The van der Waals surface area contributed by atoms with Gasteiger partial charge in [0, 0.05) is 10.4 Å². The van der Waals surface area contributed by atoms with E-state index in [0.717, 1.165) is 31.7 Å². The monoisotopic (exact) mass is 529 g/mol. The second-order valence-corrected chi connectivity index (χ2v) is 10.2. The number of ether oxygens (including phenoxy) is 1. The number of hydrogen-bond acceptors (Lipinski definition) is 3. The molecule has 0 heterocycles. The molecule has 1 N–H and O–H groups in total. The van der Waals surface area contributed by atoms with Crippen molar-refractivity contribution >= 4 is 40.8 Å². The van der Waals surface area contributed by atoms with Crippen molar-refractivity contribution in [3.63, 3.8) is 0 Å². The van der Waals surface area contributed by atoms with Crippen molar-refractivity contribution in [1.29, 1.82) is 0 Å². The molecule has 1 unspecified atom stereocenters. The number of hydrogen-bond donors (Lipinski definition) is 1. The molecular formula is C26H28Cl2F3NO3. The molecule has 4 nitrogen and oxygen atoms in total. The molecule has 0 aromatic heterocycles. The zero-order valence-electron chi connectivity index (χ0n) is 19.7. The van der Waals surface area contributed by atoms with Crippen molar-refractivity contribution in [2.75, 3.05) is 12.4 Å². The van der Waals surface area contributed by atoms with Crippen LogP contribution in [0, 0.1) is 11.8 Å². The quantitative estimate of drug-likeness (QED) is 0.359. The van der Waals surface area contributed by atoms with Crippen LogP contribution in [0.15, 0.2) is 42.5 Å². The van der Waals surface area contributed by atoms with Crippen LogP contribution in [0.1, 0.15) is 56.6 Å². The van der Waals surface area contributed by atoms with Crippen molar-refractivity contribution in [3.8, 4) is 0 Å². The molecule has 9 heteroatoms. The van der Waals surface area contributed by atoms with Crippen LogP contribution < -0.4 is 5.32 Å². The van der Waals surface area contributed by atoms with Crippen LogP contribution in [0.2, 0.25) is 10.0 Å². The summed E-state index contributed by atoms with van der Waals surface area (Å²) in [5.41, 5.74) is 0.579. The fraction of sp³-hybridized carbons (Fsp3) is 0.462. The first-order valence-electron chi connectivity index (χ1n) is 11.4. The number of anilines is 1. The lowest BCUT2D eigenvalue weighted by Crippen LogP contribution is -2.39. The Morgan fingerprint density at radius 3 is 2.26 bits per heavy atom. The van der Waals surface area contributed by atoms with E-state index in [-0.39, 0.29) is 34.6 Å². The second-order valence-electron chi connectivity index (χ2n) is 9.34. The van der Waals surface area contributed by atoms with Crippen molar-refractivity contribution < 1.29 is 27.5 Å². The summed E-state index contributed by atoms with van der Waals surface area (Å²) in [7, 11) is 1.33. The van der Waals surface area contributed by atoms with E-state index < -0.39 is 29.3 Å². The number of carbonyl (C=O) groups is 2. The molecule has 0 radical (unpaired) electrons. The van der Waals surface area contributed by atoms with E-state index in [9.17, 15) is 22.8 Å². The lowest BCUT2D eigenvalue weighted by atomic mass is 9.61. The van der Waals surface area contributed by atoms with E-state index >= 15 is 0 Å². The highest BCUT2D eigenvalue weighted by Crippen LogP contribution is 2.47. The summed E-state index contributed by atoms with van der Waals surface area (Å²) in [4.78, 5) is 25.4. The Labute approximate surface area is 213 Å². The third-order valence-corrected chi connectivity index (χ3v) is 7.74. The first kappa shape index (κ1) is 27.3. The summed E-state index contributed by atoms with van der Waals surface area (Å²) in [5, 5.41) is 3.15. The number of rotatable bonds is 8. The van der Waals surface area contributed by atoms with Crippen LogP contribution in [0.3, 0.4) is 0 Å². The van der Waals surface area contributed by atoms with Crippen LogP contribution in [0.4, 0.5) is 18.9 Å². The van der Waals surface area contributed by atoms with Gasteiger partial charge in [0.05, 0.1) is 36.1 Å². The van der Waals surface area contributed by atoms with Crippen LogP contribution in [-0.4, -0.2) is 25.2 Å². The van der Waals surface area contributed by atoms with Gasteiger partial charge in [-0.3, -0.25) is 9.59 Å². The zero-order valence-corrected chi connectivity index (χ0v) is 21.2. The number of alkyl halides is 3. The summed E-state index contributed by atoms with van der Waals surface area (Å²) in [5.74, 6) is -4.43. The molecular weight excluding hydrogens is 502 g/mol. The third-order valence-electron chi connectivity index (χ3n) is 7.16. The molecule has 2 aromatic carbocycles. The van der Waals surface area contributed by atoms with Gasteiger partial charge in [0.25, 0.3) is 0 Å². The highest BCUT2D eigenvalue weighted by molar-refractivity contribution is 6.33. The summed E-state index contributed by atoms with van der Waals surface area (Å²) in [6.07, 6.45) is -1.52. The van der Waals surface area contributed by atoms with Gasteiger partial charge in [-0.25, -0.2) is 0 Å². The number of benzene rings is 2. The van der Waals surface area contributed by atoms with Crippen LogP contribution >= 0.6 is 23.2 Å². The SMILES string of the molecule is COC(=O)CC(C)(c1ccc(Cl)c(NC(=O)[C@H](c2ccc(Cl)cc2)[C@@H](C)C(F)(F)F)c1)C1CCC1. The number of carbonyl (C=O) groups excluding carboxylic acids is 2. The van der Waals surface area contributed by atoms with Crippen molar-refractivity contribution in [2.24, 2.45) is 11.8 Å². The lowest BCUT2D eigenvalue weighted by molar-refractivity contribution is -0.178. The van der Waals surface area contributed by atoms with Gasteiger partial charge in [0.2, 0.25) is 5.91 Å². The van der Waals surface area contributed by atoms with Gasteiger partial charge in [0.1, 0.15) is 0 Å². The first-order chi connectivity index (χ1) is 16.4. The highest BCUT2D eigenvalue weighted by atomic mass is 35.5. The number of halogens is 5. The maximum Gasteiger partial charge on any atom is 0.392 e. The van der Waals surface area contributed by atoms with Crippen molar-refractivity contribution in [1.82, 2.24) is 0 Å². The Kier molecular flexibility index (Phi) is 8.43. The molecule has 1 fully saturated rings. The lowest BCUT2D eigenvalue weighted by Gasteiger charge is -2.43. The molecule has 3 atom stereocenters. The molecule has 1 aliphatic rings. The first-order valence-corrected chi connectivity index (χ1v) is 12.1. The van der Waals surface area contributed by atoms with Crippen LogP contribution in [0.5, 0.6) is 0 Å². The molecule has 0 spiro atoms.